The smallest absolute Gasteiger partial charge is 0.407 e. The summed E-state index contributed by atoms with van der Waals surface area (Å²) in [7, 11) is 2.59. The molecule has 7 rings (SSSR count). The number of nitrogens with one attached hydrogen (secondary N) is 4. The summed E-state index contributed by atoms with van der Waals surface area (Å²) in [6, 6.07) is 12.8. The van der Waals surface area contributed by atoms with Crippen molar-refractivity contribution in [2.75, 3.05) is 27.3 Å². The lowest BCUT2D eigenvalue weighted by Crippen LogP contribution is -2.51. The van der Waals surface area contributed by atoms with Crippen molar-refractivity contribution in [2.45, 2.75) is 90.4 Å². The molecule has 5 heterocycles. The van der Waals surface area contributed by atoms with Gasteiger partial charge >= 0.3 is 12.2 Å². The van der Waals surface area contributed by atoms with Gasteiger partial charge in [0.1, 0.15) is 23.7 Å². The molecule has 5 aromatic rings. The molecule has 0 radical (unpaired) electrons. The number of imidazole rings is 2. The third kappa shape index (κ3) is 8.07. The number of alkyl carbamates (subject to hydrolysis) is 2. The Labute approximate surface area is 337 Å². The number of nitrogens with zero attached hydrogens (tertiary/aromatic N) is 5. The van der Waals surface area contributed by atoms with E-state index in [0.717, 1.165) is 83.0 Å². The number of hydrogen-bond donors (Lipinski definition) is 4. The highest BCUT2D eigenvalue weighted by Crippen LogP contribution is 2.36. The molecule has 15 nitrogen and oxygen atoms in total. The van der Waals surface area contributed by atoms with Gasteiger partial charge < -0.3 is 39.9 Å². The Hall–Kier alpha value is -5.99. The van der Waals surface area contributed by atoms with Crippen LogP contribution in [0.5, 0.6) is 0 Å². The molecule has 2 saturated heterocycles. The molecular weight excluding hydrogens is 739 g/mol. The third-order valence-corrected chi connectivity index (χ3v) is 12.0. The van der Waals surface area contributed by atoms with E-state index in [2.05, 4.69) is 57.0 Å². The maximum absolute atomic E-state index is 13.8. The minimum absolute atomic E-state index is 0.0603. The summed E-state index contributed by atoms with van der Waals surface area (Å²) in [5, 5.41) is 7.61. The summed E-state index contributed by atoms with van der Waals surface area (Å²) < 4.78 is 9.62. The lowest BCUT2D eigenvalue weighted by Gasteiger charge is -2.30. The average molecular weight is 792 g/mol. The molecule has 6 atom stereocenters. The van der Waals surface area contributed by atoms with Gasteiger partial charge in [-0.3, -0.25) is 9.59 Å². The highest BCUT2D eigenvalue weighted by Gasteiger charge is 2.39. The molecule has 306 valence electrons. The number of ether oxygens (including phenoxy) is 2. The van der Waals surface area contributed by atoms with E-state index in [1.165, 1.54) is 14.2 Å². The molecule has 6 unspecified atom stereocenters. The van der Waals surface area contributed by atoms with Crippen molar-refractivity contribution in [3.05, 3.63) is 66.5 Å². The van der Waals surface area contributed by atoms with E-state index in [4.69, 9.17) is 24.4 Å². The third-order valence-electron chi connectivity index (χ3n) is 12.0. The number of pyridine rings is 1. The lowest BCUT2D eigenvalue weighted by molar-refractivity contribution is -0.136. The van der Waals surface area contributed by atoms with Crippen LogP contribution in [0.3, 0.4) is 0 Å². The molecule has 3 aromatic heterocycles. The van der Waals surface area contributed by atoms with Crippen LogP contribution in [0.15, 0.2) is 54.9 Å². The van der Waals surface area contributed by atoms with E-state index in [1.54, 1.807) is 0 Å². The number of carbonyl (C=O) groups excluding carboxylic acids is 4. The normalized spacial score (nSPS) is 18.9. The summed E-state index contributed by atoms with van der Waals surface area (Å²) in [5.74, 6) is 1.00. The van der Waals surface area contributed by atoms with E-state index < -0.39 is 24.3 Å². The minimum atomic E-state index is -0.695. The molecule has 0 saturated carbocycles. The molecule has 4 N–H and O–H groups in total. The quantitative estimate of drug-likeness (QED) is 0.103. The summed E-state index contributed by atoms with van der Waals surface area (Å²) in [4.78, 5) is 76.5. The van der Waals surface area contributed by atoms with Gasteiger partial charge in [-0.15, -0.1) is 0 Å². The first-order valence-electron chi connectivity index (χ1n) is 20.3. The van der Waals surface area contributed by atoms with Crippen molar-refractivity contribution in [2.24, 2.45) is 11.8 Å². The van der Waals surface area contributed by atoms with Crippen LogP contribution in [0.1, 0.15) is 90.0 Å². The molecule has 4 amide bonds. The molecule has 0 bridgehead atoms. The minimum Gasteiger partial charge on any atom is -0.453 e. The number of rotatable bonds is 12. The maximum Gasteiger partial charge on any atom is 0.407 e. The van der Waals surface area contributed by atoms with Gasteiger partial charge in [-0.2, -0.15) is 0 Å². The number of H-pyrrole nitrogens is 2. The van der Waals surface area contributed by atoms with Gasteiger partial charge in [-0.1, -0.05) is 64.8 Å². The molecular formula is C43H53N9O6. The number of hydrogen-bond acceptors (Lipinski definition) is 9. The predicted molar refractivity (Wildman–Crippen MR) is 219 cm³/mol. The van der Waals surface area contributed by atoms with Gasteiger partial charge in [0, 0.05) is 30.4 Å². The molecule has 0 spiro atoms. The van der Waals surface area contributed by atoms with Crippen LogP contribution in [-0.2, 0) is 19.1 Å². The first kappa shape index (κ1) is 40.2. The number of benzene rings is 2. The van der Waals surface area contributed by atoms with Gasteiger partial charge in [0.2, 0.25) is 11.8 Å². The number of aromatic amines is 2. The fourth-order valence-corrected chi connectivity index (χ4v) is 8.20. The molecule has 0 aliphatic carbocycles. The summed E-state index contributed by atoms with van der Waals surface area (Å²) >= 11 is 0. The van der Waals surface area contributed by atoms with Gasteiger partial charge in [-0.25, -0.2) is 24.5 Å². The molecule has 2 fully saturated rings. The second kappa shape index (κ2) is 17.2. The van der Waals surface area contributed by atoms with Gasteiger partial charge in [0.25, 0.3) is 0 Å². The van der Waals surface area contributed by atoms with Crippen molar-refractivity contribution in [3.8, 4) is 22.4 Å². The van der Waals surface area contributed by atoms with Crippen molar-refractivity contribution < 1.29 is 28.7 Å². The fraction of sp³-hybridized carbons (Fsp3) is 0.465. The van der Waals surface area contributed by atoms with Crippen LogP contribution in [0, 0.1) is 11.8 Å². The Balaban J connectivity index is 1.07. The SMILES string of the molecule is CCC(C)C(NC(=O)OC)C(=O)N1CCCC1c1ncc(-c2ccc3cc(-c4cnc5nc(C6CCCN6C(=O)C(NC(=O)OC)C(C)CC)[nH]c5c4)ccc3c2)[nH]1. The zero-order valence-corrected chi connectivity index (χ0v) is 34.0. The Kier molecular flexibility index (Phi) is 12.0. The first-order chi connectivity index (χ1) is 28.0. The summed E-state index contributed by atoms with van der Waals surface area (Å²) in [6.07, 6.45) is 7.05. The van der Waals surface area contributed by atoms with E-state index in [9.17, 15) is 19.2 Å². The number of amides is 4. The zero-order chi connectivity index (χ0) is 41.1. The Bertz CT molecular complexity index is 2300. The van der Waals surface area contributed by atoms with Crippen molar-refractivity contribution in [3.63, 3.8) is 0 Å². The van der Waals surface area contributed by atoms with Crippen LogP contribution in [0.2, 0.25) is 0 Å². The monoisotopic (exact) mass is 791 g/mol. The Morgan fingerprint density at radius 2 is 1.28 bits per heavy atom. The van der Waals surface area contributed by atoms with Crippen LogP contribution in [0.25, 0.3) is 44.3 Å². The molecule has 2 aliphatic heterocycles. The fourth-order valence-electron chi connectivity index (χ4n) is 8.20. The highest BCUT2D eigenvalue weighted by atomic mass is 16.5. The Morgan fingerprint density at radius 3 is 1.84 bits per heavy atom. The molecule has 2 aliphatic rings. The summed E-state index contributed by atoms with van der Waals surface area (Å²) in [5.41, 5.74) is 5.12. The lowest BCUT2D eigenvalue weighted by atomic mass is 9.97. The van der Waals surface area contributed by atoms with Crippen molar-refractivity contribution in [1.82, 2.24) is 45.4 Å². The van der Waals surface area contributed by atoms with E-state index >= 15 is 0 Å². The first-order valence-corrected chi connectivity index (χ1v) is 20.3. The number of methoxy groups -OCH3 is 2. The van der Waals surface area contributed by atoms with Crippen LogP contribution in [0.4, 0.5) is 9.59 Å². The van der Waals surface area contributed by atoms with E-state index in [1.807, 2.05) is 56.0 Å². The average Bonchev–Trinajstić information content (AvgIpc) is 4.09. The standard InChI is InChI=1S/C43H53N9O6/c1-7-24(3)35(48-42(55)57-5)40(53)51-17-9-11-33(51)38-45-23-32(47-38)29-16-15-26-19-28(14-13-27(26)20-29)30-21-31-37(44-22-30)50-39(46-31)34-12-10-18-52(34)41(54)36(25(4)8-2)49-43(56)58-6/h13-16,19-25,33-36H,7-12,17-18H2,1-6H3,(H,45,47)(H,48,55)(H,49,56)(H,44,46,50). The molecule has 58 heavy (non-hydrogen) atoms. The molecule has 2 aromatic carbocycles. The second-order valence-corrected chi connectivity index (χ2v) is 15.6. The largest absolute Gasteiger partial charge is 0.453 e. The highest BCUT2D eigenvalue weighted by molar-refractivity contribution is 5.92. The van der Waals surface area contributed by atoms with Gasteiger partial charge in [-0.05, 0) is 72.1 Å². The number of aromatic nitrogens is 5. The topological polar surface area (TPSA) is 188 Å². The second-order valence-electron chi connectivity index (χ2n) is 15.6. The molecule has 15 heteroatoms. The maximum atomic E-state index is 13.8. The number of fused-ring (bicyclic) bond motifs is 2. The van der Waals surface area contributed by atoms with E-state index in [0.29, 0.717) is 24.6 Å². The van der Waals surface area contributed by atoms with Gasteiger partial charge in [0.05, 0.1) is 43.7 Å². The van der Waals surface area contributed by atoms with Crippen LogP contribution < -0.4 is 10.6 Å². The van der Waals surface area contributed by atoms with Crippen LogP contribution >= 0.6 is 0 Å². The number of carbonyl (C=O) groups is 4. The number of likely N-dealkylation sites (tertiary alicyclic amines) is 2. The predicted octanol–water partition coefficient (Wildman–Crippen LogP) is 7.04. The van der Waals surface area contributed by atoms with E-state index in [-0.39, 0.29) is 35.7 Å². The zero-order valence-electron chi connectivity index (χ0n) is 34.0. The summed E-state index contributed by atoms with van der Waals surface area (Å²) in [6.45, 7) is 9.06. The van der Waals surface area contributed by atoms with Crippen molar-refractivity contribution in [1.29, 1.82) is 0 Å². The van der Waals surface area contributed by atoms with Crippen molar-refractivity contribution >= 4 is 45.9 Å². The van der Waals surface area contributed by atoms with Crippen LogP contribution in [-0.4, -0.2) is 98.1 Å². The van der Waals surface area contributed by atoms with Gasteiger partial charge in [0.15, 0.2) is 5.65 Å². The Morgan fingerprint density at radius 1 is 0.724 bits per heavy atom.